The van der Waals surface area contributed by atoms with Crippen molar-refractivity contribution in [2.75, 3.05) is 30.8 Å². The molecular weight excluding hydrogens is 468 g/mol. The van der Waals surface area contributed by atoms with Gasteiger partial charge in [0.25, 0.3) is 11.1 Å². The maximum atomic E-state index is 13.1. The zero-order chi connectivity index (χ0) is 24.0. The van der Waals surface area contributed by atoms with Crippen LogP contribution in [0.25, 0.3) is 11.5 Å². The van der Waals surface area contributed by atoms with Gasteiger partial charge in [0.15, 0.2) is 0 Å². The first-order chi connectivity index (χ1) is 15.8. The summed E-state index contributed by atoms with van der Waals surface area (Å²) in [6.45, 7) is 8.04. The standard InChI is InChI=1S/C21H26N4O6S2/c1-5-25(6-2)33(27,28)18-12-15(8-9-17(18)29-7-3)22-19(26)13-32-21-24-23-20(31-21)16-10-11-30-14(16)4/h8-12H,5-7,13H2,1-4H3,(H,22,26). The SMILES string of the molecule is CCOc1ccc(NC(=O)CSc2nnc(-c3ccoc3C)o2)cc1S(=O)(=O)N(CC)CC. The molecule has 0 unspecified atom stereocenters. The highest BCUT2D eigenvalue weighted by molar-refractivity contribution is 7.99. The van der Waals surface area contributed by atoms with E-state index >= 15 is 0 Å². The topological polar surface area (TPSA) is 128 Å². The summed E-state index contributed by atoms with van der Waals surface area (Å²) >= 11 is 1.07. The zero-order valence-electron chi connectivity index (χ0n) is 18.8. The van der Waals surface area contributed by atoms with Crippen LogP contribution >= 0.6 is 11.8 Å². The Bertz CT molecular complexity index is 1200. The Balaban J connectivity index is 1.71. The van der Waals surface area contributed by atoms with Crippen molar-refractivity contribution < 1.29 is 26.8 Å². The molecule has 0 fully saturated rings. The highest BCUT2D eigenvalue weighted by atomic mass is 32.2. The third-order valence-corrected chi connectivity index (χ3v) is 7.56. The summed E-state index contributed by atoms with van der Waals surface area (Å²) in [7, 11) is -3.78. The third kappa shape index (κ3) is 5.75. The number of amides is 1. The summed E-state index contributed by atoms with van der Waals surface area (Å²) in [6.07, 6.45) is 1.53. The molecular formula is C21H26N4O6S2. The molecule has 0 radical (unpaired) electrons. The van der Waals surface area contributed by atoms with Gasteiger partial charge in [-0.2, -0.15) is 4.31 Å². The number of carbonyl (C=O) groups excluding carboxylic acids is 1. The van der Waals surface area contributed by atoms with Crippen LogP contribution in [0.4, 0.5) is 5.69 Å². The molecule has 0 spiro atoms. The molecule has 178 valence electrons. The fraction of sp³-hybridized carbons (Fsp3) is 0.381. The second kappa shape index (κ2) is 10.9. The first-order valence-electron chi connectivity index (χ1n) is 10.4. The Kier molecular flexibility index (Phi) is 8.16. The van der Waals surface area contributed by atoms with Crippen molar-refractivity contribution >= 4 is 33.4 Å². The summed E-state index contributed by atoms with van der Waals surface area (Å²) in [4.78, 5) is 12.5. The fourth-order valence-electron chi connectivity index (χ4n) is 3.07. The first kappa shape index (κ1) is 24.8. The van der Waals surface area contributed by atoms with Gasteiger partial charge in [0.2, 0.25) is 15.9 Å². The number of thioether (sulfide) groups is 1. The predicted molar refractivity (Wildman–Crippen MR) is 124 cm³/mol. The van der Waals surface area contributed by atoms with Gasteiger partial charge in [0.1, 0.15) is 16.4 Å². The van der Waals surface area contributed by atoms with Gasteiger partial charge in [-0.15, -0.1) is 10.2 Å². The van der Waals surface area contributed by atoms with E-state index < -0.39 is 10.0 Å². The van der Waals surface area contributed by atoms with Crippen LogP contribution in [-0.2, 0) is 14.8 Å². The van der Waals surface area contributed by atoms with Crippen LogP contribution < -0.4 is 10.1 Å². The van der Waals surface area contributed by atoms with Crippen molar-refractivity contribution in [1.29, 1.82) is 0 Å². The number of anilines is 1. The number of carbonyl (C=O) groups is 1. The number of ether oxygens (including phenoxy) is 1. The molecule has 1 N–H and O–H groups in total. The quantitative estimate of drug-likeness (QED) is 0.396. The monoisotopic (exact) mass is 494 g/mol. The maximum Gasteiger partial charge on any atom is 0.277 e. The molecule has 0 aliphatic heterocycles. The fourth-order valence-corrected chi connectivity index (χ4v) is 5.25. The number of aromatic nitrogens is 2. The molecule has 0 saturated carbocycles. The van der Waals surface area contributed by atoms with Crippen molar-refractivity contribution in [3.8, 4) is 17.2 Å². The second-order valence-corrected chi connectivity index (χ2v) is 9.62. The van der Waals surface area contributed by atoms with Crippen LogP contribution in [0.15, 0.2) is 49.5 Å². The minimum atomic E-state index is -3.78. The molecule has 0 saturated heterocycles. The lowest BCUT2D eigenvalue weighted by Crippen LogP contribution is -2.31. The van der Waals surface area contributed by atoms with E-state index in [1.807, 2.05) is 0 Å². The van der Waals surface area contributed by atoms with Crippen molar-refractivity contribution in [2.24, 2.45) is 0 Å². The normalized spacial score (nSPS) is 11.7. The van der Waals surface area contributed by atoms with E-state index in [9.17, 15) is 13.2 Å². The molecule has 10 nitrogen and oxygen atoms in total. The van der Waals surface area contributed by atoms with Crippen LogP contribution in [0, 0.1) is 6.92 Å². The number of nitrogens with zero attached hydrogens (tertiary/aromatic N) is 3. The van der Waals surface area contributed by atoms with E-state index in [-0.39, 0.29) is 27.5 Å². The molecule has 33 heavy (non-hydrogen) atoms. The van der Waals surface area contributed by atoms with Gasteiger partial charge in [-0.25, -0.2) is 8.42 Å². The highest BCUT2D eigenvalue weighted by Gasteiger charge is 2.26. The molecule has 3 rings (SSSR count). The van der Waals surface area contributed by atoms with E-state index in [0.717, 1.165) is 11.8 Å². The smallest absolute Gasteiger partial charge is 0.277 e. The van der Waals surface area contributed by atoms with Crippen molar-refractivity contribution in [1.82, 2.24) is 14.5 Å². The largest absolute Gasteiger partial charge is 0.492 e. The number of aryl methyl sites for hydroxylation is 1. The average Bonchev–Trinajstić information content (AvgIpc) is 3.42. The van der Waals surface area contributed by atoms with Crippen molar-refractivity contribution in [3.63, 3.8) is 0 Å². The molecule has 3 aromatic rings. The number of rotatable bonds is 11. The van der Waals surface area contributed by atoms with Gasteiger partial charge >= 0.3 is 0 Å². The van der Waals surface area contributed by atoms with Gasteiger partial charge < -0.3 is 18.9 Å². The van der Waals surface area contributed by atoms with Gasteiger partial charge in [-0.05, 0) is 38.1 Å². The molecule has 1 amide bonds. The molecule has 2 aromatic heterocycles. The summed E-state index contributed by atoms with van der Waals surface area (Å²) < 4.78 is 43.8. The first-order valence-corrected chi connectivity index (χ1v) is 12.8. The zero-order valence-corrected chi connectivity index (χ0v) is 20.5. The number of hydrogen-bond donors (Lipinski definition) is 1. The van der Waals surface area contributed by atoms with Crippen LogP contribution in [-0.4, -0.2) is 54.3 Å². The number of nitrogens with one attached hydrogen (secondary N) is 1. The van der Waals surface area contributed by atoms with Crippen molar-refractivity contribution in [3.05, 3.63) is 36.3 Å². The Labute approximate surface area is 196 Å². The van der Waals surface area contributed by atoms with E-state index in [0.29, 0.717) is 42.6 Å². The number of benzene rings is 1. The number of sulfonamides is 1. The Morgan fingerprint density at radius 3 is 2.58 bits per heavy atom. The van der Waals surface area contributed by atoms with Gasteiger partial charge in [-0.3, -0.25) is 4.79 Å². The minimum absolute atomic E-state index is 0.00264. The molecule has 0 atom stereocenters. The average molecular weight is 495 g/mol. The van der Waals surface area contributed by atoms with Gasteiger partial charge in [-0.1, -0.05) is 25.6 Å². The van der Waals surface area contributed by atoms with Crippen LogP contribution in [0.5, 0.6) is 5.75 Å². The lowest BCUT2D eigenvalue weighted by atomic mass is 10.3. The van der Waals surface area contributed by atoms with E-state index in [1.54, 1.807) is 45.9 Å². The summed E-state index contributed by atoms with van der Waals surface area (Å²) in [6, 6.07) is 6.27. The number of furan rings is 1. The number of hydrogen-bond acceptors (Lipinski definition) is 9. The molecule has 12 heteroatoms. The predicted octanol–water partition coefficient (Wildman–Crippen LogP) is 3.80. The third-order valence-electron chi connectivity index (χ3n) is 4.67. The van der Waals surface area contributed by atoms with Gasteiger partial charge in [0.05, 0.1) is 24.2 Å². The second-order valence-electron chi connectivity index (χ2n) is 6.78. The molecule has 0 bridgehead atoms. The Morgan fingerprint density at radius 2 is 1.94 bits per heavy atom. The van der Waals surface area contributed by atoms with Crippen LogP contribution in [0.1, 0.15) is 26.5 Å². The molecule has 0 aliphatic carbocycles. The summed E-state index contributed by atoms with van der Waals surface area (Å²) in [5, 5.41) is 10.8. The van der Waals surface area contributed by atoms with Crippen molar-refractivity contribution in [2.45, 2.75) is 37.8 Å². The lowest BCUT2D eigenvalue weighted by molar-refractivity contribution is -0.113. The van der Waals surface area contributed by atoms with E-state index in [2.05, 4.69) is 15.5 Å². The van der Waals surface area contributed by atoms with E-state index in [1.165, 1.54) is 16.6 Å². The Morgan fingerprint density at radius 1 is 1.18 bits per heavy atom. The lowest BCUT2D eigenvalue weighted by Gasteiger charge is -2.21. The Hall–Kier alpha value is -2.83. The van der Waals surface area contributed by atoms with Gasteiger partial charge in [0, 0.05) is 18.8 Å². The summed E-state index contributed by atoms with van der Waals surface area (Å²) in [5.41, 5.74) is 1.03. The van der Waals surface area contributed by atoms with Crippen LogP contribution in [0.3, 0.4) is 0 Å². The van der Waals surface area contributed by atoms with Crippen LogP contribution in [0.2, 0.25) is 0 Å². The minimum Gasteiger partial charge on any atom is -0.492 e. The highest BCUT2D eigenvalue weighted by Crippen LogP contribution is 2.30. The van der Waals surface area contributed by atoms with E-state index in [4.69, 9.17) is 13.6 Å². The molecule has 2 heterocycles. The summed E-state index contributed by atoms with van der Waals surface area (Å²) in [5.74, 6) is 0.845. The molecule has 1 aromatic carbocycles. The maximum absolute atomic E-state index is 13.1. The molecule has 0 aliphatic rings.